The van der Waals surface area contributed by atoms with Gasteiger partial charge in [0.05, 0.1) is 5.02 Å². The van der Waals surface area contributed by atoms with Gasteiger partial charge in [0.1, 0.15) is 11.6 Å². The molecule has 1 aromatic carbocycles. The molecule has 1 saturated carbocycles. The zero-order valence-electron chi connectivity index (χ0n) is 11.2. The largest absolute Gasteiger partial charge is 0.299 e. The summed E-state index contributed by atoms with van der Waals surface area (Å²) in [5, 5.41) is 0.0783. The first-order valence-electron chi connectivity index (χ1n) is 6.14. The fourth-order valence-electron chi connectivity index (χ4n) is 2.95. The predicted octanol–water partition coefficient (Wildman–Crippen LogP) is 4.27. The Hall–Kier alpha value is -0.890. The zero-order valence-corrected chi connectivity index (χ0v) is 11.9. The van der Waals surface area contributed by atoms with Gasteiger partial charge in [-0.2, -0.15) is 0 Å². The minimum Gasteiger partial charge on any atom is -0.299 e. The van der Waals surface area contributed by atoms with E-state index in [0.717, 1.165) is 5.56 Å². The number of hydrogen-bond acceptors (Lipinski definition) is 1. The molecule has 1 aromatic rings. The second-order valence-corrected chi connectivity index (χ2v) is 6.68. The summed E-state index contributed by atoms with van der Waals surface area (Å²) in [5.41, 5.74) is 0.881. The summed E-state index contributed by atoms with van der Waals surface area (Å²) in [4.78, 5) is 12.3. The van der Waals surface area contributed by atoms with Crippen molar-refractivity contribution >= 4 is 17.4 Å². The first-order valence-corrected chi connectivity index (χ1v) is 6.52. The lowest BCUT2D eigenvalue weighted by molar-refractivity contribution is -0.120. The van der Waals surface area contributed by atoms with E-state index in [1.54, 1.807) is 6.07 Å². The number of rotatable bonds is 3. The maximum absolute atomic E-state index is 13.0. The third-order valence-electron chi connectivity index (χ3n) is 4.71. The maximum Gasteiger partial charge on any atom is 0.141 e. The van der Waals surface area contributed by atoms with E-state index < -0.39 is 5.82 Å². The highest BCUT2D eigenvalue weighted by Crippen LogP contribution is 2.68. The lowest BCUT2D eigenvalue weighted by Crippen LogP contribution is -2.10. The van der Waals surface area contributed by atoms with Gasteiger partial charge in [-0.3, -0.25) is 4.79 Å². The van der Waals surface area contributed by atoms with Crippen molar-refractivity contribution in [2.24, 2.45) is 16.7 Å². The summed E-state index contributed by atoms with van der Waals surface area (Å²) in [6.07, 6.45) is 0.331. The summed E-state index contributed by atoms with van der Waals surface area (Å²) in [6, 6.07) is 4.48. The number of hydrogen-bond donors (Lipinski definition) is 0. The van der Waals surface area contributed by atoms with Crippen LogP contribution in [0.15, 0.2) is 18.2 Å². The Morgan fingerprint density at radius 1 is 1.28 bits per heavy atom. The molecule has 1 aliphatic rings. The maximum atomic E-state index is 13.0. The Morgan fingerprint density at radius 2 is 1.83 bits per heavy atom. The molecule has 0 N–H and O–H groups in total. The Bertz CT molecular complexity index is 491. The standard InChI is InChI=1S/C15H18ClFO/c1-14(2)13(15(14,3)4)12(18)8-9-5-6-11(17)10(16)7-9/h5-7,13H,8H2,1-4H3. The van der Waals surface area contributed by atoms with Gasteiger partial charge in [-0.25, -0.2) is 4.39 Å². The van der Waals surface area contributed by atoms with Gasteiger partial charge in [0.25, 0.3) is 0 Å². The van der Waals surface area contributed by atoms with Crippen LogP contribution in [0.4, 0.5) is 4.39 Å². The molecule has 0 spiro atoms. The third kappa shape index (κ3) is 1.97. The van der Waals surface area contributed by atoms with Crippen LogP contribution in [-0.4, -0.2) is 5.78 Å². The van der Waals surface area contributed by atoms with Crippen molar-refractivity contribution in [3.63, 3.8) is 0 Å². The molecule has 0 radical (unpaired) electrons. The Labute approximate surface area is 112 Å². The lowest BCUT2D eigenvalue weighted by atomic mass is 10.0. The quantitative estimate of drug-likeness (QED) is 0.800. The molecule has 0 bridgehead atoms. The van der Waals surface area contributed by atoms with Crippen molar-refractivity contribution in [1.82, 2.24) is 0 Å². The van der Waals surface area contributed by atoms with Crippen LogP contribution in [0.5, 0.6) is 0 Å². The van der Waals surface area contributed by atoms with E-state index in [4.69, 9.17) is 11.6 Å². The van der Waals surface area contributed by atoms with Gasteiger partial charge in [0, 0.05) is 12.3 Å². The first kappa shape index (κ1) is 13.5. The van der Waals surface area contributed by atoms with Crippen LogP contribution in [0.1, 0.15) is 33.3 Å². The molecule has 1 fully saturated rings. The van der Waals surface area contributed by atoms with E-state index in [-0.39, 0.29) is 27.6 Å². The fourth-order valence-corrected chi connectivity index (χ4v) is 3.16. The molecule has 0 heterocycles. The van der Waals surface area contributed by atoms with Crippen LogP contribution in [0.2, 0.25) is 5.02 Å². The molecule has 98 valence electrons. The van der Waals surface area contributed by atoms with E-state index in [1.807, 2.05) is 0 Å². The highest BCUT2D eigenvalue weighted by molar-refractivity contribution is 6.30. The van der Waals surface area contributed by atoms with Crippen molar-refractivity contribution in [2.45, 2.75) is 34.1 Å². The second kappa shape index (κ2) is 4.06. The summed E-state index contributed by atoms with van der Waals surface area (Å²) < 4.78 is 13.0. The highest BCUT2D eigenvalue weighted by atomic mass is 35.5. The van der Waals surface area contributed by atoms with Crippen LogP contribution >= 0.6 is 11.6 Å². The molecule has 1 nitrogen and oxygen atoms in total. The molecule has 18 heavy (non-hydrogen) atoms. The van der Waals surface area contributed by atoms with Crippen molar-refractivity contribution in [3.05, 3.63) is 34.6 Å². The molecule has 0 amide bonds. The normalized spacial score (nSPS) is 20.8. The van der Waals surface area contributed by atoms with E-state index in [1.165, 1.54) is 12.1 Å². The van der Waals surface area contributed by atoms with Gasteiger partial charge in [-0.1, -0.05) is 45.4 Å². The molecule has 0 unspecified atom stereocenters. The van der Waals surface area contributed by atoms with Crippen LogP contribution in [0, 0.1) is 22.6 Å². The van der Waals surface area contributed by atoms with E-state index in [0.29, 0.717) is 6.42 Å². The molecule has 0 saturated heterocycles. The number of carbonyl (C=O) groups is 1. The van der Waals surface area contributed by atoms with Crippen LogP contribution in [0.3, 0.4) is 0 Å². The van der Waals surface area contributed by atoms with Crippen molar-refractivity contribution in [1.29, 1.82) is 0 Å². The number of benzene rings is 1. The third-order valence-corrected chi connectivity index (χ3v) is 4.99. The van der Waals surface area contributed by atoms with Gasteiger partial charge in [-0.05, 0) is 28.5 Å². The fraction of sp³-hybridized carbons (Fsp3) is 0.533. The van der Waals surface area contributed by atoms with E-state index >= 15 is 0 Å². The van der Waals surface area contributed by atoms with Gasteiger partial charge < -0.3 is 0 Å². The number of carbonyl (C=O) groups excluding carboxylic acids is 1. The predicted molar refractivity (Wildman–Crippen MR) is 71.2 cm³/mol. The van der Waals surface area contributed by atoms with Gasteiger partial charge in [-0.15, -0.1) is 0 Å². The van der Waals surface area contributed by atoms with Crippen LogP contribution in [-0.2, 0) is 11.2 Å². The monoisotopic (exact) mass is 268 g/mol. The summed E-state index contributed by atoms with van der Waals surface area (Å²) in [7, 11) is 0. The summed E-state index contributed by atoms with van der Waals surface area (Å²) >= 11 is 5.72. The summed E-state index contributed by atoms with van der Waals surface area (Å²) in [6.45, 7) is 8.47. The van der Waals surface area contributed by atoms with Crippen molar-refractivity contribution in [2.75, 3.05) is 0 Å². The molecular formula is C15H18ClFO. The van der Waals surface area contributed by atoms with E-state index in [9.17, 15) is 9.18 Å². The Morgan fingerprint density at radius 3 is 2.28 bits per heavy atom. The first-order chi connectivity index (χ1) is 8.18. The SMILES string of the molecule is CC1(C)C(C(=O)Cc2ccc(F)c(Cl)c2)C1(C)C. The van der Waals surface area contributed by atoms with Crippen LogP contribution < -0.4 is 0 Å². The number of ketones is 1. The average Bonchev–Trinajstić information content (AvgIpc) is 2.63. The minimum atomic E-state index is -0.444. The average molecular weight is 269 g/mol. The van der Waals surface area contributed by atoms with E-state index in [2.05, 4.69) is 27.7 Å². The molecular weight excluding hydrogens is 251 g/mol. The number of halogens is 2. The number of Topliss-reactive ketones (excluding diaryl/α,β-unsaturated/α-hetero) is 1. The van der Waals surface area contributed by atoms with Gasteiger partial charge >= 0.3 is 0 Å². The molecule has 0 aliphatic heterocycles. The molecule has 1 aliphatic carbocycles. The highest BCUT2D eigenvalue weighted by Gasteiger charge is 2.67. The molecule has 0 aromatic heterocycles. The smallest absolute Gasteiger partial charge is 0.141 e. The lowest BCUT2D eigenvalue weighted by Gasteiger charge is -2.04. The Kier molecular flexibility index (Phi) is 3.05. The van der Waals surface area contributed by atoms with Crippen molar-refractivity contribution < 1.29 is 9.18 Å². The zero-order chi connectivity index (χ0) is 13.7. The topological polar surface area (TPSA) is 17.1 Å². The summed E-state index contributed by atoms with van der Waals surface area (Å²) in [5.74, 6) is -0.151. The van der Waals surface area contributed by atoms with Gasteiger partial charge in [0.2, 0.25) is 0 Å². The van der Waals surface area contributed by atoms with Crippen molar-refractivity contribution in [3.8, 4) is 0 Å². The minimum absolute atomic E-state index is 0.0495. The second-order valence-electron chi connectivity index (χ2n) is 6.27. The molecule has 0 atom stereocenters. The molecule has 3 heteroatoms. The van der Waals surface area contributed by atoms with Crippen LogP contribution in [0.25, 0.3) is 0 Å². The Balaban J connectivity index is 2.12. The molecule has 2 rings (SSSR count). The van der Waals surface area contributed by atoms with Gasteiger partial charge in [0.15, 0.2) is 0 Å².